The average Bonchev–Trinajstić information content (AvgIpc) is 3.64. The van der Waals surface area contributed by atoms with E-state index in [1.807, 2.05) is 38.1 Å². The molecule has 3 heterocycles. The number of rotatable bonds is 7. The van der Waals surface area contributed by atoms with Gasteiger partial charge in [-0.3, -0.25) is 14.4 Å². The zero-order chi connectivity index (χ0) is 29.8. The molecular formula is C32H32ClN5O4. The van der Waals surface area contributed by atoms with E-state index in [1.54, 1.807) is 31.3 Å². The number of carbonyl (C=O) groups excluding carboxylic acids is 3. The second-order valence-electron chi connectivity index (χ2n) is 12.0. The Morgan fingerprint density at radius 3 is 2.71 bits per heavy atom. The molecule has 2 fully saturated rings. The van der Waals surface area contributed by atoms with Gasteiger partial charge in [0.1, 0.15) is 28.5 Å². The van der Waals surface area contributed by atoms with Crippen molar-refractivity contribution in [3.8, 4) is 11.8 Å². The normalized spacial score (nSPS) is 21.8. The summed E-state index contributed by atoms with van der Waals surface area (Å²) in [4.78, 5) is 48.9. The van der Waals surface area contributed by atoms with Crippen LogP contribution < -0.4 is 10.1 Å². The molecule has 3 amide bonds. The van der Waals surface area contributed by atoms with Crippen molar-refractivity contribution in [2.45, 2.75) is 63.1 Å². The maximum atomic E-state index is 14.3. The van der Waals surface area contributed by atoms with Crippen LogP contribution in [0.5, 0.6) is 5.75 Å². The van der Waals surface area contributed by atoms with Gasteiger partial charge >= 0.3 is 0 Å². The first-order valence-electron chi connectivity index (χ1n) is 14.3. The first kappa shape index (κ1) is 28.0. The third-order valence-electron chi connectivity index (χ3n) is 8.47. The predicted octanol–water partition coefficient (Wildman–Crippen LogP) is 4.93. The minimum absolute atomic E-state index is 0.0747. The van der Waals surface area contributed by atoms with Gasteiger partial charge in [0.2, 0.25) is 11.8 Å². The minimum atomic E-state index is -1.00. The molecule has 3 atom stereocenters. The molecule has 10 heteroatoms. The molecule has 1 spiro atoms. The lowest BCUT2D eigenvalue weighted by molar-refractivity contribution is -0.136. The van der Waals surface area contributed by atoms with Crippen LogP contribution in [-0.4, -0.2) is 64.3 Å². The van der Waals surface area contributed by atoms with Crippen LogP contribution in [0.25, 0.3) is 10.9 Å². The Morgan fingerprint density at radius 1 is 1.24 bits per heavy atom. The fourth-order valence-electron chi connectivity index (χ4n) is 6.15. The Labute approximate surface area is 249 Å². The van der Waals surface area contributed by atoms with E-state index < -0.39 is 17.5 Å². The highest BCUT2D eigenvalue weighted by Gasteiger charge is 2.56. The monoisotopic (exact) mass is 585 g/mol. The Balaban J connectivity index is 1.32. The quantitative estimate of drug-likeness (QED) is 0.393. The van der Waals surface area contributed by atoms with Crippen molar-refractivity contribution < 1.29 is 19.1 Å². The van der Waals surface area contributed by atoms with E-state index in [0.29, 0.717) is 39.5 Å². The SMILES string of the molecule is CC(C)C[C@@H](C(=O)N1C[C@]2(C[C@H]1C#N)C(=O)Nc1ccccc12)N(C)C(=O)c1cc(OC2CC2)c2nc(Cl)ccc2c1. The summed E-state index contributed by atoms with van der Waals surface area (Å²) in [7, 11) is 1.61. The first-order valence-corrected chi connectivity index (χ1v) is 14.6. The van der Waals surface area contributed by atoms with Crippen molar-refractivity contribution in [2.24, 2.45) is 5.92 Å². The molecule has 0 unspecified atom stereocenters. The molecule has 1 N–H and O–H groups in total. The lowest BCUT2D eigenvalue weighted by atomic mass is 9.80. The molecule has 1 saturated heterocycles. The van der Waals surface area contributed by atoms with E-state index in [-0.39, 0.29) is 42.7 Å². The van der Waals surface area contributed by atoms with Gasteiger partial charge in [0, 0.05) is 36.7 Å². The standard InChI is InChI=1S/C32H32ClN5O4/c1-18(2)12-25(30(40)38-17-32(15-21(38)16-34)23-6-4-5-7-24(23)35-31(32)41)37(3)29(39)20-13-19-8-11-27(33)36-28(19)26(14-20)42-22-9-10-22/h4-8,11,13-14,18,21-22,25H,9-10,12,15,17H2,1-3H3,(H,35,41)/t21-,25-,32-/m0/s1. The first-order chi connectivity index (χ1) is 20.1. The summed E-state index contributed by atoms with van der Waals surface area (Å²) in [5, 5.41) is 14.1. The smallest absolute Gasteiger partial charge is 0.254 e. The molecule has 9 nitrogen and oxygen atoms in total. The lowest BCUT2D eigenvalue weighted by Gasteiger charge is -2.33. The van der Waals surface area contributed by atoms with Crippen molar-refractivity contribution in [1.82, 2.24) is 14.8 Å². The number of ether oxygens (including phenoxy) is 1. The highest BCUT2D eigenvalue weighted by Crippen LogP contribution is 2.46. The Kier molecular flexibility index (Phi) is 7.06. The Morgan fingerprint density at radius 2 is 2.00 bits per heavy atom. The zero-order valence-corrected chi connectivity index (χ0v) is 24.5. The summed E-state index contributed by atoms with van der Waals surface area (Å²) in [5.74, 6) is -0.338. The number of hydrogen-bond acceptors (Lipinski definition) is 6. The number of anilines is 1. The molecule has 6 rings (SSSR count). The third-order valence-corrected chi connectivity index (χ3v) is 8.68. The second-order valence-corrected chi connectivity index (χ2v) is 12.3. The molecule has 0 radical (unpaired) electrons. The fraction of sp³-hybridized carbons (Fsp3) is 0.406. The second kappa shape index (κ2) is 10.6. The molecule has 1 aliphatic carbocycles. The molecule has 1 aromatic heterocycles. The van der Waals surface area contributed by atoms with Crippen molar-refractivity contribution in [3.63, 3.8) is 0 Å². The molecule has 3 aromatic rings. The number of para-hydroxylation sites is 1. The van der Waals surface area contributed by atoms with Crippen LogP contribution in [0.15, 0.2) is 48.5 Å². The average molecular weight is 586 g/mol. The molecule has 1 saturated carbocycles. The molecular weight excluding hydrogens is 554 g/mol. The van der Waals surface area contributed by atoms with Gasteiger partial charge in [-0.2, -0.15) is 5.26 Å². The Bertz CT molecular complexity index is 1650. The van der Waals surface area contributed by atoms with E-state index in [2.05, 4.69) is 16.4 Å². The highest BCUT2D eigenvalue weighted by molar-refractivity contribution is 6.29. The molecule has 3 aliphatic rings. The van der Waals surface area contributed by atoms with Gasteiger partial charge in [0.15, 0.2) is 0 Å². The van der Waals surface area contributed by atoms with Crippen LogP contribution in [0.2, 0.25) is 5.15 Å². The summed E-state index contributed by atoms with van der Waals surface area (Å²) < 4.78 is 6.10. The van der Waals surface area contributed by atoms with Gasteiger partial charge in [-0.1, -0.05) is 43.6 Å². The van der Waals surface area contributed by atoms with Crippen LogP contribution >= 0.6 is 11.6 Å². The number of nitrogens with one attached hydrogen (secondary N) is 1. The van der Waals surface area contributed by atoms with Gasteiger partial charge in [0.25, 0.3) is 5.91 Å². The van der Waals surface area contributed by atoms with Crippen LogP contribution in [0.1, 0.15) is 55.5 Å². The summed E-state index contributed by atoms with van der Waals surface area (Å²) in [6.07, 6.45) is 2.54. The lowest BCUT2D eigenvalue weighted by Crippen LogP contribution is -2.52. The number of carbonyl (C=O) groups is 3. The van der Waals surface area contributed by atoms with Crippen LogP contribution in [-0.2, 0) is 15.0 Å². The van der Waals surface area contributed by atoms with E-state index >= 15 is 0 Å². The van der Waals surface area contributed by atoms with Crippen molar-refractivity contribution in [3.05, 3.63) is 64.8 Å². The molecule has 2 aliphatic heterocycles. The predicted molar refractivity (Wildman–Crippen MR) is 158 cm³/mol. The maximum Gasteiger partial charge on any atom is 0.254 e. The van der Waals surface area contributed by atoms with E-state index in [9.17, 15) is 19.6 Å². The largest absolute Gasteiger partial charge is 0.488 e. The van der Waals surface area contributed by atoms with Crippen LogP contribution in [0.3, 0.4) is 0 Å². The summed E-state index contributed by atoms with van der Waals surface area (Å²) >= 11 is 6.16. The number of nitrogens with zero attached hydrogens (tertiary/aromatic N) is 4. The van der Waals surface area contributed by atoms with E-state index in [0.717, 1.165) is 18.4 Å². The van der Waals surface area contributed by atoms with Gasteiger partial charge in [-0.05, 0) is 61.1 Å². The number of amides is 3. The highest BCUT2D eigenvalue weighted by atomic mass is 35.5. The van der Waals surface area contributed by atoms with E-state index in [1.165, 1.54) is 9.80 Å². The van der Waals surface area contributed by atoms with Crippen LogP contribution in [0.4, 0.5) is 5.69 Å². The van der Waals surface area contributed by atoms with Gasteiger partial charge in [-0.25, -0.2) is 4.98 Å². The zero-order valence-electron chi connectivity index (χ0n) is 23.8. The summed E-state index contributed by atoms with van der Waals surface area (Å²) in [5.41, 5.74) is 1.45. The van der Waals surface area contributed by atoms with Gasteiger partial charge < -0.3 is 19.9 Å². The van der Waals surface area contributed by atoms with Gasteiger partial charge in [0.05, 0.1) is 17.6 Å². The van der Waals surface area contributed by atoms with E-state index in [4.69, 9.17) is 16.3 Å². The number of hydrogen-bond donors (Lipinski definition) is 1. The molecule has 216 valence electrons. The molecule has 0 bridgehead atoms. The van der Waals surface area contributed by atoms with Crippen molar-refractivity contribution >= 4 is 45.9 Å². The maximum absolute atomic E-state index is 14.3. The number of aromatic nitrogens is 1. The van der Waals surface area contributed by atoms with Gasteiger partial charge in [-0.15, -0.1) is 0 Å². The number of pyridine rings is 1. The molecule has 2 aromatic carbocycles. The number of nitriles is 1. The summed E-state index contributed by atoms with van der Waals surface area (Å²) in [6, 6.07) is 14.9. The number of likely N-dealkylation sites (N-methyl/N-ethyl adjacent to an activating group) is 1. The number of likely N-dealkylation sites (tertiary alicyclic amines) is 1. The number of halogens is 1. The van der Waals surface area contributed by atoms with Crippen LogP contribution in [0, 0.1) is 17.2 Å². The number of fused-ring (bicyclic) bond motifs is 3. The fourth-order valence-corrected chi connectivity index (χ4v) is 6.30. The molecule has 42 heavy (non-hydrogen) atoms. The Hall–Kier alpha value is -4.16. The topological polar surface area (TPSA) is 116 Å². The summed E-state index contributed by atoms with van der Waals surface area (Å²) in [6.45, 7) is 4.05. The third kappa shape index (κ3) is 4.84. The van der Waals surface area contributed by atoms with Crippen molar-refractivity contribution in [2.75, 3.05) is 18.9 Å². The van der Waals surface area contributed by atoms with Crippen molar-refractivity contribution in [1.29, 1.82) is 5.26 Å². The minimum Gasteiger partial charge on any atom is -0.488 e. The number of benzene rings is 2.